The first-order valence-electron chi connectivity index (χ1n) is 9.21. The van der Waals surface area contributed by atoms with E-state index >= 15 is 0 Å². The third-order valence-electron chi connectivity index (χ3n) is 4.77. The van der Waals surface area contributed by atoms with Gasteiger partial charge in [0.15, 0.2) is 0 Å². The molecule has 0 atom stereocenters. The molecule has 1 aromatic rings. The molecule has 0 radical (unpaired) electrons. The van der Waals surface area contributed by atoms with Crippen LogP contribution in [-0.4, -0.2) is 74.2 Å². The lowest BCUT2D eigenvalue weighted by atomic mass is 10.2. The average molecular weight is 380 g/mol. The van der Waals surface area contributed by atoms with Gasteiger partial charge >= 0.3 is 0 Å². The molecule has 0 spiro atoms. The maximum Gasteiger partial charge on any atom is 0.246 e. The van der Waals surface area contributed by atoms with E-state index in [9.17, 15) is 13.2 Å². The van der Waals surface area contributed by atoms with Crippen LogP contribution in [0.1, 0.15) is 26.3 Å². The van der Waals surface area contributed by atoms with Gasteiger partial charge in [0.25, 0.3) is 0 Å². The Morgan fingerprint density at radius 3 is 2.12 bits per heavy atom. The highest BCUT2D eigenvalue weighted by Crippen LogP contribution is 2.17. The molecule has 0 bridgehead atoms. The van der Waals surface area contributed by atoms with E-state index in [0.29, 0.717) is 13.1 Å². The molecule has 0 saturated carbocycles. The number of hydrogen-bond donors (Lipinski definition) is 0. The van der Waals surface area contributed by atoms with Gasteiger partial charge in [0, 0.05) is 45.3 Å². The van der Waals surface area contributed by atoms with Crippen molar-refractivity contribution in [3.05, 3.63) is 35.9 Å². The molecule has 7 heteroatoms. The van der Waals surface area contributed by atoms with Crippen molar-refractivity contribution >= 4 is 22.0 Å². The molecule has 1 saturated heterocycles. The highest BCUT2D eigenvalue weighted by molar-refractivity contribution is 7.89. The summed E-state index contributed by atoms with van der Waals surface area (Å²) >= 11 is 0. The second-order valence-electron chi connectivity index (χ2n) is 6.25. The van der Waals surface area contributed by atoms with Gasteiger partial charge in [-0.2, -0.15) is 4.31 Å². The Balaban J connectivity index is 2.00. The molecule has 0 aliphatic carbocycles. The van der Waals surface area contributed by atoms with Crippen molar-refractivity contribution in [3.63, 3.8) is 0 Å². The van der Waals surface area contributed by atoms with E-state index in [1.807, 2.05) is 18.7 Å². The first-order chi connectivity index (χ1) is 12.4. The first-order valence-corrected chi connectivity index (χ1v) is 10.7. The fraction of sp³-hybridized carbons (Fsp3) is 0.526. The van der Waals surface area contributed by atoms with E-state index in [1.165, 1.54) is 4.31 Å². The zero-order valence-corrected chi connectivity index (χ0v) is 16.7. The van der Waals surface area contributed by atoms with Crippen LogP contribution in [0, 0.1) is 0 Å². The number of rotatable bonds is 7. The van der Waals surface area contributed by atoms with Crippen molar-refractivity contribution in [2.45, 2.75) is 25.7 Å². The van der Waals surface area contributed by atoms with Crippen molar-refractivity contribution in [3.8, 4) is 0 Å². The fourth-order valence-electron chi connectivity index (χ4n) is 3.02. The fourth-order valence-corrected chi connectivity index (χ4v) is 4.48. The molecule has 1 aliphatic rings. The van der Waals surface area contributed by atoms with Crippen molar-refractivity contribution in [2.75, 3.05) is 45.8 Å². The molecule has 1 aliphatic heterocycles. The largest absolute Gasteiger partial charge is 0.337 e. The van der Waals surface area contributed by atoms with E-state index in [0.717, 1.165) is 38.3 Å². The summed E-state index contributed by atoms with van der Waals surface area (Å²) in [5.74, 6) is 0.000548. The van der Waals surface area contributed by atoms with Gasteiger partial charge < -0.3 is 9.80 Å². The predicted octanol–water partition coefficient (Wildman–Crippen LogP) is 1.89. The number of carbonyl (C=O) groups excluding carboxylic acids is 1. The minimum atomic E-state index is -3.44. The van der Waals surface area contributed by atoms with Crippen LogP contribution in [0.3, 0.4) is 0 Å². The van der Waals surface area contributed by atoms with E-state index in [4.69, 9.17) is 0 Å². The van der Waals surface area contributed by atoms with Gasteiger partial charge in [0.1, 0.15) is 0 Å². The van der Waals surface area contributed by atoms with Gasteiger partial charge in [-0.05, 0) is 30.3 Å². The zero-order valence-electron chi connectivity index (χ0n) is 15.9. The minimum Gasteiger partial charge on any atom is -0.337 e. The molecule has 0 unspecified atom stereocenters. The van der Waals surface area contributed by atoms with Crippen molar-refractivity contribution in [1.82, 2.24) is 14.1 Å². The van der Waals surface area contributed by atoms with Crippen LogP contribution >= 0.6 is 0 Å². The normalized spacial score (nSPS) is 16.5. The Hall–Kier alpha value is -1.70. The van der Waals surface area contributed by atoms with E-state index in [2.05, 4.69) is 11.8 Å². The third kappa shape index (κ3) is 4.93. The Labute approximate surface area is 157 Å². The number of hydrogen-bond acceptors (Lipinski definition) is 4. The number of sulfonamides is 1. The summed E-state index contributed by atoms with van der Waals surface area (Å²) in [7, 11) is -3.44. The lowest BCUT2D eigenvalue weighted by Crippen LogP contribution is -2.48. The molecule has 0 N–H and O–H groups in total. The number of amides is 1. The summed E-state index contributed by atoms with van der Waals surface area (Å²) in [5.41, 5.74) is 0.809. The van der Waals surface area contributed by atoms with Crippen LogP contribution < -0.4 is 0 Å². The number of likely N-dealkylation sites (N-methyl/N-ethyl adjacent to an activating group) is 1. The molecule has 144 valence electrons. The summed E-state index contributed by atoms with van der Waals surface area (Å²) in [6.45, 7) is 11.0. The van der Waals surface area contributed by atoms with Crippen molar-refractivity contribution in [1.29, 1.82) is 0 Å². The van der Waals surface area contributed by atoms with E-state index in [1.54, 1.807) is 36.4 Å². The molecule has 1 amide bonds. The van der Waals surface area contributed by atoms with E-state index < -0.39 is 10.0 Å². The number of piperazine rings is 1. The van der Waals surface area contributed by atoms with Crippen LogP contribution in [0.15, 0.2) is 35.2 Å². The highest BCUT2D eigenvalue weighted by Gasteiger charge is 2.21. The number of nitrogens with zero attached hydrogens (tertiary/aromatic N) is 3. The Kier molecular flexibility index (Phi) is 7.37. The molecule has 0 aromatic heterocycles. The van der Waals surface area contributed by atoms with E-state index in [-0.39, 0.29) is 10.8 Å². The van der Waals surface area contributed by atoms with Gasteiger partial charge in [-0.1, -0.05) is 32.9 Å². The summed E-state index contributed by atoms with van der Waals surface area (Å²) in [4.78, 5) is 16.7. The standard InChI is InChI=1S/C19H29N3O3S/c1-4-20-13-15-21(16-14-20)19(23)12-9-17-7-10-18(11-8-17)26(24,25)22(5-2)6-3/h7-12H,4-6,13-16H2,1-3H3. The predicted molar refractivity (Wildman–Crippen MR) is 104 cm³/mol. The van der Waals surface area contributed by atoms with Crippen LogP contribution in [0.2, 0.25) is 0 Å². The Morgan fingerprint density at radius 2 is 1.62 bits per heavy atom. The molecule has 2 rings (SSSR count). The van der Waals surface area contributed by atoms with Gasteiger partial charge in [-0.15, -0.1) is 0 Å². The maximum atomic E-state index is 12.5. The summed E-state index contributed by atoms with van der Waals surface area (Å²) < 4.78 is 26.4. The SMILES string of the molecule is CCN1CCN(C(=O)C=Cc2ccc(S(=O)(=O)N(CC)CC)cc2)CC1. The molecule has 1 aromatic carbocycles. The molecule has 1 heterocycles. The monoisotopic (exact) mass is 379 g/mol. The molecule has 26 heavy (non-hydrogen) atoms. The summed E-state index contributed by atoms with van der Waals surface area (Å²) in [6, 6.07) is 6.65. The smallest absolute Gasteiger partial charge is 0.246 e. The van der Waals surface area contributed by atoms with Crippen LogP contribution in [0.4, 0.5) is 0 Å². The number of benzene rings is 1. The van der Waals surface area contributed by atoms with Crippen LogP contribution in [0.25, 0.3) is 6.08 Å². The highest BCUT2D eigenvalue weighted by atomic mass is 32.2. The molecule has 6 nitrogen and oxygen atoms in total. The topological polar surface area (TPSA) is 60.9 Å². The van der Waals surface area contributed by atoms with Gasteiger partial charge in [0.05, 0.1) is 4.90 Å². The third-order valence-corrected chi connectivity index (χ3v) is 6.84. The quantitative estimate of drug-likeness (QED) is 0.679. The summed E-state index contributed by atoms with van der Waals surface area (Å²) in [6.07, 6.45) is 3.30. The minimum absolute atomic E-state index is 0.000548. The van der Waals surface area contributed by atoms with Crippen molar-refractivity contribution < 1.29 is 13.2 Å². The molecular formula is C19H29N3O3S. The second kappa shape index (κ2) is 9.30. The van der Waals surface area contributed by atoms with Crippen LogP contribution in [0.5, 0.6) is 0 Å². The average Bonchev–Trinajstić information content (AvgIpc) is 2.67. The lowest BCUT2D eigenvalue weighted by Gasteiger charge is -2.33. The Bertz CT molecular complexity index is 717. The van der Waals surface area contributed by atoms with Gasteiger partial charge in [-0.25, -0.2) is 8.42 Å². The Morgan fingerprint density at radius 1 is 1.04 bits per heavy atom. The van der Waals surface area contributed by atoms with Gasteiger partial charge in [-0.3, -0.25) is 4.79 Å². The second-order valence-corrected chi connectivity index (χ2v) is 8.19. The van der Waals surface area contributed by atoms with Gasteiger partial charge in [0.2, 0.25) is 15.9 Å². The molecule has 1 fully saturated rings. The first kappa shape index (κ1) is 20.6. The van der Waals surface area contributed by atoms with Crippen LogP contribution in [-0.2, 0) is 14.8 Å². The summed E-state index contributed by atoms with van der Waals surface area (Å²) in [5, 5.41) is 0. The van der Waals surface area contributed by atoms with Crippen molar-refractivity contribution in [2.24, 2.45) is 0 Å². The lowest BCUT2D eigenvalue weighted by molar-refractivity contribution is -0.127. The number of carbonyl (C=O) groups is 1. The maximum absolute atomic E-state index is 12.5. The zero-order chi connectivity index (χ0) is 19.2. The molecular weight excluding hydrogens is 350 g/mol.